The summed E-state index contributed by atoms with van der Waals surface area (Å²) in [5.41, 5.74) is 8.49. The van der Waals surface area contributed by atoms with E-state index in [-0.39, 0.29) is 6.54 Å². The van der Waals surface area contributed by atoms with Crippen molar-refractivity contribution in [2.45, 2.75) is 26.0 Å². The van der Waals surface area contributed by atoms with Gasteiger partial charge in [0, 0.05) is 12.1 Å². The van der Waals surface area contributed by atoms with Crippen molar-refractivity contribution in [3.63, 3.8) is 0 Å². The monoisotopic (exact) mass is 246 g/mol. The smallest absolute Gasteiger partial charge is 0.113 e. The second kappa shape index (κ2) is 5.75. The van der Waals surface area contributed by atoms with E-state index in [1.165, 1.54) is 5.56 Å². The lowest BCUT2D eigenvalue weighted by atomic mass is 10.1. The maximum atomic E-state index is 9.45. The van der Waals surface area contributed by atoms with Gasteiger partial charge in [0.05, 0.1) is 18.8 Å². The second-order valence-electron chi connectivity index (χ2n) is 4.27. The van der Waals surface area contributed by atoms with E-state index in [2.05, 4.69) is 29.4 Å². The van der Waals surface area contributed by atoms with Crippen LogP contribution in [0.3, 0.4) is 0 Å². The van der Waals surface area contributed by atoms with Crippen LogP contribution >= 0.6 is 0 Å². The number of aryl methyl sites for hydroxylation is 1. The summed E-state index contributed by atoms with van der Waals surface area (Å²) >= 11 is 0. The number of hydrogen-bond acceptors (Lipinski definition) is 4. The number of nitrogens with two attached hydrogens (primary N) is 1. The molecule has 0 aliphatic rings. The summed E-state index contributed by atoms with van der Waals surface area (Å²) < 4.78 is 1.61. The summed E-state index contributed by atoms with van der Waals surface area (Å²) in [5.74, 6) is 0. The van der Waals surface area contributed by atoms with E-state index in [1.54, 1.807) is 4.68 Å². The number of nitrogens with zero attached hydrogens (tertiary/aromatic N) is 3. The van der Waals surface area contributed by atoms with Gasteiger partial charge in [0.2, 0.25) is 0 Å². The van der Waals surface area contributed by atoms with Crippen LogP contribution in [0.15, 0.2) is 30.5 Å². The van der Waals surface area contributed by atoms with E-state index in [0.717, 1.165) is 17.7 Å². The van der Waals surface area contributed by atoms with Gasteiger partial charge in [-0.2, -0.15) is 0 Å². The molecule has 0 radical (unpaired) electrons. The zero-order valence-corrected chi connectivity index (χ0v) is 10.5. The Morgan fingerprint density at radius 2 is 2.06 bits per heavy atom. The first-order valence-corrected chi connectivity index (χ1v) is 6.10. The first-order chi connectivity index (χ1) is 8.72. The van der Waals surface area contributed by atoms with Gasteiger partial charge in [-0.1, -0.05) is 36.4 Å². The predicted molar refractivity (Wildman–Crippen MR) is 69.9 cm³/mol. The molecule has 0 saturated carbocycles. The molecule has 1 heterocycles. The van der Waals surface area contributed by atoms with E-state index < -0.39 is 6.10 Å². The Morgan fingerprint density at radius 1 is 1.33 bits per heavy atom. The topological polar surface area (TPSA) is 77.0 Å². The van der Waals surface area contributed by atoms with Crippen LogP contribution in [0.1, 0.15) is 12.5 Å². The van der Waals surface area contributed by atoms with Crippen molar-refractivity contribution in [2.75, 3.05) is 6.54 Å². The number of aromatic nitrogens is 3. The minimum Gasteiger partial charge on any atom is -0.390 e. The lowest BCUT2D eigenvalue weighted by Crippen LogP contribution is -2.25. The molecule has 5 heteroatoms. The maximum Gasteiger partial charge on any atom is 0.113 e. The molecule has 3 N–H and O–H groups in total. The Labute approximate surface area is 106 Å². The third-order valence-corrected chi connectivity index (χ3v) is 2.87. The Hall–Kier alpha value is -1.72. The molecule has 0 saturated heterocycles. The van der Waals surface area contributed by atoms with E-state index >= 15 is 0 Å². The van der Waals surface area contributed by atoms with Gasteiger partial charge in [-0.25, -0.2) is 4.68 Å². The minimum absolute atomic E-state index is 0.223. The molecule has 18 heavy (non-hydrogen) atoms. The lowest BCUT2D eigenvalue weighted by molar-refractivity contribution is 0.156. The average Bonchev–Trinajstić information content (AvgIpc) is 2.87. The van der Waals surface area contributed by atoms with Crippen molar-refractivity contribution in [1.29, 1.82) is 0 Å². The van der Waals surface area contributed by atoms with Crippen LogP contribution in [0.5, 0.6) is 0 Å². The number of aliphatic hydroxyl groups excluding tert-OH is 1. The highest BCUT2D eigenvalue weighted by Gasteiger charge is 2.07. The van der Waals surface area contributed by atoms with Gasteiger partial charge in [0.25, 0.3) is 0 Å². The van der Waals surface area contributed by atoms with Crippen LogP contribution in [-0.2, 0) is 13.0 Å². The number of hydrogen-bond donors (Lipinski definition) is 2. The molecular weight excluding hydrogens is 228 g/mol. The Bertz CT molecular complexity index is 492. The van der Waals surface area contributed by atoms with Crippen molar-refractivity contribution in [2.24, 2.45) is 5.73 Å². The molecule has 96 valence electrons. The molecule has 1 aromatic heterocycles. The van der Waals surface area contributed by atoms with E-state index in [0.29, 0.717) is 6.54 Å². The molecule has 1 aromatic carbocycles. The highest BCUT2D eigenvalue weighted by Crippen LogP contribution is 2.17. The fourth-order valence-electron chi connectivity index (χ4n) is 1.72. The van der Waals surface area contributed by atoms with Gasteiger partial charge in [-0.15, -0.1) is 5.10 Å². The van der Waals surface area contributed by atoms with Gasteiger partial charge < -0.3 is 10.8 Å². The fraction of sp³-hybridized carbons (Fsp3) is 0.385. The van der Waals surface area contributed by atoms with E-state index in [4.69, 9.17) is 5.73 Å². The molecule has 0 fully saturated rings. The van der Waals surface area contributed by atoms with Gasteiger partial charge >= 0.3 is 0 Å². The van der Waals surface area contributed by atoms with Gasteiger partial charge in [-0.05, 0) is 12.0 Å². The molecule has 0 aliphatic heterocycles. The largest absolute Gasteiger partial charge is 0.390 e. The van der Waals surface area contributed by atoms with Crippen LogP contribution in [-0.4, -0.2) is 32.7 Å². The zero-order chi connectivity index (χ0) is 13.0. The third kappa shape index (κ3) is 2.94. The van der Waals surface area contributed by atoms with Crippen LogP contribution < -0.4 is 5.73 Å². The molecular formula is C13H18N4O. The second-order valence-corrected chi connectivity index (χ2v) is 4.27. The predicted octanol–water partition coefficient (Wildman–Crippen LogP) is 0.827. The SMILES string of the molecule is CCc1ccc(-c2cn(C[C@H](O)CN)nn2)cc1. The Balaban J connectivity index is 2.13. The van der Waals surface area contributed by atoms with Crippen molar-refractivity contribution < 1.29 is 5.11 Å². The fourth-order valence-corrected chi connectivity index (χ4v) is 1.72. The summed E-state index contributed by atoms with van der Waals surface area (Å²) in [6, 6.07) is 8.24. The first-order valence-electron chi connectivity index (χ1n) is 6.10. The lowest BCUT2D eigenvalue weighted by Gasteiger charge is -2.05. The van der Waals surface area contributed by atoms with Crippen molar-refractivity contribution in [1.82, 2.24) is 15.0 Å². The number of aliphatic hydroxyl groups is 1. The minimum atomic E-state index is -0.581. The van der Waals surface area contributed by atoms with E-state index in [1.807, 2.05) is 18.3 Å². The van der Waals surface area contributed by atoms with Gasteiger partial charge in [0.15, 0.2) is 0 Å². The molecule has 0 amide bonds. The van der Waals surface area contributed by atoms with Crippen molar-refractivity contribution in [3.05, 3.63) is 36.0 Å². The highest BCUT2D eigenvalue weighted by molar-refractivity contribution is 5.57. The molecule has 0 spiro atoms. The Kier molecular flexibility index (Phi) is 4.07. The molecule has 0 bridgehead atoms. The highest BCUT2D eigenvalue weighted by atomic mass is 16.3. The average molecular weight is 246 g/mol. The van der Waals surface area contributed by atoms with Crippen LogP contribution in [0.25, 0.3) is 11.3 Å². The molecule has 5 nitrogen and oxygen atoms in total. The molecule has 0 unspecified atom stereocenters. The van der Waals surface area contributed by atoms with Crippen LogP contribution in [0.2, 0.25) is 0 Å². The summed E-state index contributed by atoms with van der Waals surface area (Å²) in [5, 5.41) is 17.5. The standard InChI is InChI=1S/C13H18N4O/c1-2-10-3-5-11(6-4-10)13-9-17(16-15-13)8-12(18)7-14/h3-6,9,12,18H,2,7-8,14H2,1H3/t12-/m1/s1. The van der Waals surface area contributed by atoms with Gasteiger partial charge in [-0.3, -0.25) is 0 Å². The summed E-state index contributed by atoms with van der Waals surface area (Å²) in [6.07, 6.45) is 2.26. The first kappa shape index (κ1) is 12.7. The summed E-state index contributed by atoms with van der Waals surface area (Å²) in [7, 11) is 0. The molecule has 2 aromatic rings. The zero-order valence-electron chi connectivity index (χ0n) is 10.5. The number of benzene rings is 1. The molecule has 2 rings (SSSR count). The maximum absolute atomic E-state index is 9.45. The summed E-state index contributed by atoms with van der Waals surface area (Å²) in [4.78, 5) is 0. The van der Waals surface area contributed by atoms with Crippen molar-refractivity contribution >= 4 is 0 Å². The quantitative estimate of drug-likeness (QED) is 0.819. The van der Waals surface area contributed by atoms with E-state index in [9.17, 15) is 5.11 Å². The van der Waals surface area contributed by atoms with Crippen LogP contribution in [0.4, 0.5) is 0 Å². The van der Waals surface area contributed by atoms with Crippen molar-refractivity contribution in [3.8, 4) is 11.3 Å². The third-order valence-electron chi connectivity index (χ3n) is 2.87. The molecule has 1 atom stereocenters. The Morgan fingerprint density at radius 3 is 2.67 bits per heavy atom. The van der Waals surface area contributed by atoms with Gasteiger partial charge in [0.1, 0.15) is 5.69 Å². The summed E-state index contributed by atoms with van der Waals surface area (Å²) in [6.45, 7) is 2.72. The normalized spacial score (nSPS) is 12.6. The molecule has 0 aliphatic carbocycles. The van der Waals surface area contributed by atoms with Crippen LogP contribution in [0, 0.1) is 0 Å². The number of rotatable bonds is 5.